The molecule has 0 saturated heterocycles. The second-order valence-electron chi connectivity index (χ2n) is 3.64. The normalized spacial score (nSPS) is 10.1. The predicted molar refractivity (Wildman–Crippen MR) is 78.7 cm³/mol. The second kappa shape index (κ2) is 7.37. The average Bonchev–Trinajstić information content (AvgIpc) is 2.43. The molecule has 6 nitrogen and oxygen atoms in total. The Kier molecular flexibility index (Phi) is 5.82. The molecule has 1 heterocycles. The van der Waals surface area contributed by atoms with Gasteiger partial charge in [-0.25, -0.2) is 5.43 Å². The molecular formula is C13H12BrN3O3. The van der Waals surface area contributed by atoms with Crippen molar-refractivity contribution in [2.45, 2.75) is 0 Å². The molecule has 20 heavy (non-hydrogen) atoms. The molecule has 0 radical (unpaired) electrons. The number of nitrogens with one attached hydrogen (secondary N) is 1. The van der Waals surface area contributed by atoms with E-state index in [0.29, 0.717) is 11.1 Å². The Labute approximate surface area is 123 Å². The van der Waals surface area contributed by atoms with Crippen molar-refractivity contribution in [2.75, 3.05) is 0 Å². The number of carbonyl (C=O) groups is 1. The van der Waals surface area contributed by atoms with E-state index >= 15 is 0 Å². The standard InChI is InChI=1S/C13H10BrN3O2.H2O/c14-11-3-4-12(18)10(6-11)8-16-17-13(19)9-2-1-5-15-7-9;/h1-8,18H,(H,17,19);1H2/b16-8+;. The van der Waals surface area contributed by atoms with Crippen LogP contribution in [0.25, 0.3) is 0 Å². The number of hydrogen-bond donors (Lipinski definition) is 2. The number of carbonyl (C=O) groups excluding carboxylic acids is 1. The van der Waals surface area contributed by atoms with E-state index in [0.717, 1.165) is 4.47 Å². The van der Waals surface area contributed by atoms with Crippen LogP contribution in [0.15, 0.2) is 52.3 Å². The Morgan fingerprint density at radius 1 is 1.40 bits per heavy atom. The molecule has 104 valence electrons. The van der Waals surface area contributed by atoms with E-state index in [1.807, 2.05) is 0 Å². The first-order valence-electron chi connectivity index (χ1n) is 5.39. The summed E-state index contributed by atoms with van der Waals surface area (Å²) in [7, 11) is 0. The lowest BCUT2D eigenvalue weighted by atomic mass is 10.2. The lowest BCUT2D eigenvalue weighted by Crippen LogP contribution is -2.17. The van der Waals surface area contributed by atoms with Gasteiger partial charge in [0.05, 0.1) is 11.8 Å². The van der Waals surface area contributed by atoms with Crippen molar-refractivity contribution in [3.05, 3.63) is 58.3 Å². The number of hydrazone groups is 1. The number of halogens is 1. The van der Waals surface area contributed by atoms with E-state index in [2.05, 4.69) is 31.4 Å². The molecular weight excluding hydrogens is 326 g/mol. The van der Waals surface area contributed by atoms with Crippen molar-refractivity contribution in [1.29, 1.82) is 0 Å². The van der Waals surface area contributed by atoms with Crippen LogP contribution in [-0.2, 0) is 0 Å². The van der Waals surface area contributed by atoms with Crippen LogP contribution in [0.4, 0.5) is 0 Å². The number of phenols is 1. The molecule has 0 aliphatic heterocycles. The minimum Gasteiger partial charge on any atom is -0.507 e. The maximum atomic E-state index is 11.7. The highest BCUT2D eigenvalue weighted by molar-refractivity contribution is 9.10. The Morgan fingerprint density at radius 2 is 2.20 bits per heavy atom. The number of phenolic OH excluding ortho intramolecular Hbond substituents is 1. The van der Waals surface area contributed by atoms with E-state index in [1.165, 1.54) is 18.5 Å². The first-order chi connectivity index (χ1) is 9.16. The molecule has 2 aromatic rings. The second-order valence-corrected chi connectivity index (χ2v) is 4.56. The van der Waals surface area contributed by atoms with Crippen LogP contribution >= 0.6 is 15.9 Å². The number of benzene rings is 1. The SMILES string of the molecule is O.O=C(N/N=C/c1cc(Br)ccc1O)c1cccnc1. The largest absolute Gasteiger partial charge is 0.507 e. The van der Waals surface area contributed by atoms with Crippen LogP contribution in [-0.4, -0.2) is 27.7 Å². The Balaban J connectivity index is 0.00000200. The van der Waals surface area contributed by atoms with Gasteiger partial charge in [0.25, 0.3) is 5.91 Å². The summed E-state index contributed by atoms with van der Waals surface area (Å²) in [6, 6.07) is 8.23. The van der Waals surface area contributed by atoms with E-state index in [4.69, 9.17) is 0 Å². The summed E-state index contributed by atoms with van der Waals surface area (Å²) < 4.78 is 0.810. The minimum atomic E-state index is -0.362. The topological polar surface area (TPSA) is 106 Å². The third kappa shape index (κ3) is 4.15. The maximum Gasteiger partial charge on any atom is 0.272 e. The van der Waals surface area contributed by atoms with Gasteiger partial charge in [0.1, 0.15) is 5.75 Å². The van der Waals surface area contributed by atoms with Crippen LogP contribution in [0.1, 0.15) is 15.9 Å². The van der Waals surface area contributed by atoms with Crippen molar-refractivity contribution < 1.29 is 15.4 Å². The zero-order valence-corrected chi connectivity index (χ0v) is 11.8. The molecule has 0 aliphatic carbocycles. The fraction of sp³-hybridized carbons (Fsp3) is 0. The zero-order valence-electron chi connectivity index (χ0n) is 10.2. The lowest BCUT2D eigenvalue weighted by Gasteiger charge is -2.00. The maximum absolute atomic E-state index is 11.7. The quantitative estimate of drug-likeness (QED) is 0.654. The number of aromatic nitrogens is 1. The fourth-order valence-electron chi connectivity index (χ4n) is 1.35. The molecule has 0 fully saturated rings. The predicted octanol–water partition coefficient (Wildman–Crippen LogP) is 1.49. The molecule has 2 rings (SSSR count). The summed E-state index contributed by atoms with van der Waals surface area (Å²) >= 11 is 3.29. The molecule has 0 spiro atoms. The van der Waals surface area contributed by atoms with Gasteiger partial charge in [0, 0.05) is 22.4 Å². The number of amides is 1. The Hall–Kier alpha value is -2.25. The van der Waals surface area contributed by atoms with Gasteiger partial charge in [-0.05, 0) is 30.3 Å². The van der Waals surface area contributed by atoms with Crippen molar-refractivity contribution >= 4 is 28.1 Å². The average molecular weight is 338 g/mol. The highest BCUT2D eigenvalue weighted by Gasteiger charge is 2.03. The minimum absolute atomic E-state index is 0. The molecule has 1 aromatic heterocycles. The van der Waals surface area contributed by atoms with Gasteiger partial charge in [-0.2, -0.15) is 5.10 Å². The molecule has 4 N–H and O–H groups in total. The number of aromatic hydroxyl groups is 1. The number of nitrogens with zero attached hydrogens (tertiary/aromatic N) is 2. The Bertz CT molecular complexity index is 618. The van der Waals surface area contributed by atoms with Gasteiger partial charge in [-0.15, -0.1) is 0 Å². The molecule has 1 aromatic carbocycles. The molecule has 0 unspecified atom stereocenters. The lowest BCUT2D eigenvalue weighted by molar-refractivity contribution is 0.0954. The smallest absolute Gasteiger partial charge is 0.272 e. The van der Waals surface area contributed by atoms with Crippen LogP contribution < -0.4 is 5.43 Å². The van der Waals surface area contributed by atoms with Gasteiger partial charge in [-0.3, -0.25) is 9.78 Å². The molecule has 0 aliphatic rings. The highest BCUT2D eigenvalue weighted by Crippen LogP contribution is 2.19. The fourth-order valence-corrected chi connectivity index (χ4v) is 1.73. The van der Waals surface area contributed by atoms with Crippen LogP contribution in [0.2, 0.25) is 0 Å². The first-order valence-corrected chi connectivity index (χ1v) is 6.18. The van der Waals surface area contributed by atoms with Crippen LogP contribution in [0.3, 0.4) is 0 Å². The van der Waals surface area contributed by atoms with E-state index in [-0.39, 0.29) is 17.1 Å². The van der Waals surface area contributed by atoms with Crippen LogP contribution in [0.5, 0.6) is 5.75 Å². The molecule has 0 bridgehead atoms. The summed E-state index contributed by atoms with van der Waals surface area (Å²) in [6.45, 7) is 0. The third-order valence-corrected chi connectivity index (χ3v) is 2.78. The Morgan fingerprint density at radius 3 is 2.90 bits per heavy atom. The number of hydrogen-bond acceptors (Lipinski definition) is 4. The summed E-state index contributed by atoms with van der Waals surface area (Å²) in [5.74, 6) is -0.276. The van der Waals surface area contributed by atoms with E-state index in [9.17, 15) is 9.90 Å². The van der Waals surface area contributed by atoms with Crippen molar-refractivity contribution in [1.82, 2.24) is 10.4 Å². The summed E-state index contributed by atoms with van der Waals surface area (Å²) in [6.07, 6.45) is 4.40. The molecule has 7 heteroatoms. The monoisotopic (exact) mass is 337 g/mol. The summed E-state index contributed by atoms with van der Waals surface area (Å²) in [5, 5.41) is 13.4. The van der Waals surface area contributed by atoms with Crippen molar-refractivity contribution in [3.63, 3.8) is 0 Å². The van der Waals surface area contributed by atoms with E-state index < -0.39 is 0 Å². The van der Waals surface area contributed by atoms with Crippen molar-refractivity contribution in [3.8, 4) is 5.75 Å². The number of pyridine rings is 1. The van der Waals surface area contributed by atoms with E-state index in [1.54, 1.807) is 30.5 Å². The zero-order chi connectivity index (χ0) is 13.7. The van der Waals surface area contributed by atoms with Gasteiger partial charge >= 0.3 is 0 Å². The van der Waals surface area contributed by atoms with Gasteiger partial charge in [0.2, 0.25) is 0 Å². The summed E-state index contributed by atoms with van der Waals surface area (Å²) in [5.41, 5.74) is 3.27. The summed E-state index contributed by atoms with van der Waals surface area (Å²) in [4.78, 5) is 15.5. The van der Waals surface area contributed by atoms with Gasteiger partial charge in [0.15, 0.2) is 0 Å². The van der Waals surface area contributed by atoms with Crippen molar-refractivity contribution in [2.24, 2.45) is 5.10 Å². The molecule has 0 saturated carbocycles. The number of rotatable bonds is 3. The molecule has 1 amide bonds. The first kappa shape index (κ1) is 15.8. The van der Waals surface area contributed by atoms with Crippen LogP contribution in [0, 0.1) is 0 Å². The van der Waals surface area contributed by atoms with Gasteiger partial charge < -0.3 is 10.6 Å². The highest BCUT2D eigenvalue weighted by atomic mass is 79.9. The molecule has 0 atom stereocenters. The van der Waals surface area contributed by atoms with Gasteiger partial charge in [-0.1, -0.05) is 15.9 Å². The third-order valence-electron chi connectivity index (χ3n) is 2.28.